The Morgan fingerprint density at radius 3 is 2.93 bits per heavy atom. The highest BCUT2D eigenvalue weighted by atomic mass is 79.9. The number of halogens is 2. The molecule has 0 heterocycles. The summed E-state index contributed by atoms with van der Waals surface area (Å²) in [6.07, 6.45) is 6.17. The minimum atomic E-state index is 0.848. The zero-order valence-corrected chi connectivity index (χ0v) is 10.9. The summed E-state index contributed by atoms with van der Waals surface area (Å²) >= 11 is 9.57. The molecule has 1 aliphatic rings. The molecule has 0 bridgehead atoms. The first kappa shape index (κ1) is 11.0. The predicted molar refractivity (Wildman–Crippen MR) is 70.1 cm³/mol. The molecule has 0 amide bonds. The third-order valence-corrected chi connectivity index (χ3v) is 3.36. The van der Waals surface area contributed by atoms with Gasteiger partial charge in [-0.05, 0) is 54.7 Å². The van der Waals surface area contributed by atoms with Gasteiger partial charge in [0.1, 0.15) is 0 Å². The lowest BCUT2D eigenvalue weighted by Gasteiger charge is -2.12. The monoisotopic (exact) mass is 282 g/mol. The highest BCUT2D eigenvalue weighted by molar-refractivity contribution is 9.10. The van der Waals surface area contributed by atoms with Gasteiger partial charge in [0.25, 0.3) is 0 Å². The van der Waals surface area contributed by atoms with E-state index in [1.165, 1.54) is 16.7 Å². The van der Waals surface area contributed by atoms with Crippen molar-refractivity contribution in [1.29, 1.82) is 0 Å². The van der Waals surface area contributed by atoms with Crippen LogP contribution in [0.25, 0.3) is 5.57 Å². The number of fused-ring (bicyclic) bond motifs is 1. The summed E-state index contributed by atoms with van der Waals surface area (Å²) < 4.78 is 1.14. The molecule has 0 radical (unpaired) electrons. The number of hydrogen-bond acceptors (Lipinski definition) is 0. The van der Waals surface area contributed by atoms with Crippen molar-refractivity contribution in [2.45, 2.75) is 19.8 Å². The molecule has 0 unspecified atom stereocenters. The summed E-state index contributed by atoms with van der Waals surface area (Å²) in [4.78, 5) is 0. The summed E-state index contributed by atoms with van der Waals surface area (Å²) in [5.74, 6) is 0. The van der Waals surface area contributed by atoms with Crippen molar-refractivity contribution >= 4 is 33.1 Å². The Morgan fingerprint density at radius 2 is 2.13 bits per heavy atom. The lowest BCUT2D eigenvalue weighted by molar-refractivity contribution is 0.989. The molecule has 15 heavy (non-hydrogen) atoms. The highest BCUT2D eigenvalue weighted by Gasteiger charge is 2.07. The fraction of sp³-hybridized carbons (Fsp3) is 0.231. The van der Waals surface area contributed by atoms with Gasteiger partial charge in [0.15, 0.2) is 0 Å². The molecule has 0 atom stereocenters. The Bertz CT molecular complexity index is 444. The summed E-state index contributed by atoms with van der Waals surface area (Å²) in [5.41, 5.74) is 3.93. The van der Waals surface area contributed by atoms with Crippen LogP contribution in [0.5, 0.6) is 0 Å². The molecule has 0 fully saturated rings. The van der Waals surface area contributed by atoms with Crippen LogP contribution in [-0.2, 0) is 6.42 Å². The molecule has 1 aromatic carbocycles. The molecule has 0 aliphatic heterocycles. The van der Waals surface area contributed by atoms with Crippen LogP contribution in [0.4, 0.5) is 0 Å². The molecule has 0 saturated carbocycles. The van der Waals surface area contributed by atoms with Gasteiger partial charge in [0.05, 0.1) is 0 Å². The molecule has 0 N–H and O–H groups in total. The van der Waals surface area contributed by atoms with E-state index in [9.17, 15) is 0 Å². The second-order valence-electron chi connectivity index (χ2n) is 3.76. The van der Waals surface area contributed by atoms with Crippen LogP contribution in [-0.4, -0.2) is 0 Å². The Morgan fingerprint density at radius 1 is 1.33 bits per heavy atom. The summed E-state index contributed by atoms with van der Waals surface area (Å²) in [7, 11) is 0. The Hall–Kier alpha value is -0.530. The van der Waals surface area contributed by atoms with Gasteiger partial charge in [-0.2, -0.15) is 0 Å². The molecule has 78 valence electrons. The van der Waals surface area contributed by atoms with E-state index < -0.39 is 0 Å². The van der Waals surface area contributed by atoms with Crippen molar-refractivity contribution in [2.24, 2.45) is 0 Å². The van der Waals surface area contributed by atoms with Gasteiger partial charge in [0, 0.05) is 9.51 Å². The van der Waals surface area contributed by atoms with E-state index in [1.807, 2.05) is 6.08 Å². The zero-order chi connectivity index (χ0) is 10.8. The molecule has 0 saturated heterocycles. The molecule has 2 heteroatoms. The van der Waals surface area contributed by atoms with Gasteiger partial charge >= 0.3 is 0 Å². The minimum Gasteiger partial charge on any atom is -0.0847 e. The SMILES string of the molecule is CC1=CC(Cl)=CCCc2cc(Br)ccc21. The maximum absolute atomic E-state index is 6.06. The standard InChI is InChI=1S/C13H12BrCl/c1-9-7-12(15)4-2-3-10-8-11(14)5-6-13(9)10/h4-8H,2-3H2,1H3. The largest absolute Gasteiger partial charge is 0.0847 e. The van der Waals surface area contributed by atoms with E-state index in [0.717, 1.165) is 22.3 Å². The summed E-state index contributed by atoms with van der Waals surface area (Å²) in [6, 6.07) is 6.43. The number of allylic oxidation sites excluding steroid dienone is 4. The minimum absolute atomic E-state index is 0.848. The maximum Gasteiger partial charge on any atom is 0.0369 e. The van der Waals surface area contributed by atoms with E-state index in [0.29, 0.717) is 0 Å². The van der Waals surface area contributed by atoms with Gasteiger partial charge in [-0.3, -0.25) is 0 Å². The van der Waals surface area contributed by atoms with E-state index >= 15 is 0 Å². The number of benzene rings is 1. The molecule has 0 aromatic heterocycles. The normalized spacial score (nSPS) is 15.9. The van der Waals surface area contributed by atoms with Crippen molar-refractivity contribution in [2.75, 3.05) is 0 Å². The fourth-order valence-corrected chi connectivity index (χ4v) is 2.54. The van der Waals surface area contributed by atoms with E-state index in [-0.39, 0.29) is 0 Å². The van der Waals surface area contributed by atoms with E-state index in [2.05, 4.69) is 47.1 Å². The van der Waals surface area contributed by atoms with Crippen LogP contribution in [0, 0.1) is 0 Å². The molecule has 1 aliphatic carbocycles. The Kier molecular flexibility index (Phi) is 3.32. The zero-order valence-electron chi connectivity index (χ0n) is 8.56. The van der Waals surface area contributed by atoms with Crippen LogP contribution in [0.1, 0.15) is 24.5 Å². The van der Waals surface area contributed by atoms with Crippen molar-refractivity contribution in [3.05, 3.63) is 51.0 Å². The van der Waals surface area contributed by atoms with Gasteiger partial charge in [-0.15, -0.1) is 0 Å². The first-order chi connectivity index (χ1) is 7.16. The van der Waals surface area contributed by atoms with Gasteiger partial charge in [-0.25, -0.2) is 0 Å². The fourth-order valence-electron chi connectivity index (χ4n) is 1.86. The van der Waals surface area contributed by atoms with E-state index in [4.69, 9.17) is 11.6 Å². The van der Waals surface area contributed by atoms with Gasteiger partial charge in [-0.1, -0.05) is 39.7 Å². The van der Waals surface area contributed by atoms with Crippen molar-refractivity contribution < 1.29 is 0 Å². The first-order valence-corrected chi connectivity index (χ1v) is 6.16. The van der Waals surface area contributed by atoms with Crippen LogP contribution in [0.2, 0.25) is 0 Å². The Balaban J connectivity index is 2.53. The molecule has 2 rings (SSSR count). The quantitative estimate of drug-likeness (QED) is 0.634. The second kappa shape index (κ2) is 4.54. The van der Waals surface area contributed by atoms with Gasteiger partial charge in [0.2, 0.25) is 0 Å². The summed E-state index contributed by atoms with van der Waals surface area (Å²) in [5, 5.41) is 0.848. The van der Waals surface area contributed by atoms with Crippen molar-refractivity contribution in [3.63, 3.8) is 0 Å². The van der Waals surface area contributed by atoms with E-state index in [1.54, 1.807) is 0 Å². The summed E-state index contributed by atoms with van der Waals surface area (Å²) in [6.45, 7) is 2.11. The lowest BCUT2D eigenvalue weighted by Crippen LogP contribution is -1.94. The maximum atomic E-state index is 6.06. The van der Waals surface area contributed by atoms with Crippen molar-refractivity contribution in [3.8, 4) is 0 Å². The third-order valence-electron chi connectivity index (χ3n) is 2.60. The Labute approximate surface area is 104 Å². The number of hydrogen-bond donors (Lipinski definition) is 0. The molecule has 0 nitrogen and oxygen atoms in total. The average molecular weight is 284 g/mol. The van der Waals surface area contributed by atoms with Crippen molar-refractivity contribution in [1.82, 2.24) is 0 Å². The molecule has 0 spiro atoms. The number of rotatable bonds is 0. The first-order valence-electron chi connectivity index (χ1n) is 4.99. The van der Waals surface area contributed by atoms with Gasteiger partial charge < -0.3 is 0 Å². The highest BCUT2D eigenvalue weighted by Crippen LogP contribution is 2.27. The average Bonchev–Trinajstić information content (AvgIpc) is 2.15. The second-order valence-corrected chi connectivity index (χ2v) is 5.11. The van der Waals surface area contributed by atoms with Crippen LogP contribution < -0.4 is 0 Å². The predicted octanol–water partition coefficient (Wildman–Crippen LogP) is 4.92. The molecule has 1 aromatic rings. The smallest absolute Gasteiger partial charge is 0.0369 e. The van der Waals surface area contributed by atoms with Crippen LogP contribution in [0.15, 0.2) is 39.9 Å². The van der Waals surface area contributed by atoms with Crippen LogP contribution in [0.3, 0.4) is 0 Å². The topological polar surface area (TPSA) is 0 Å². The molecular formula is C13H12BrCl. The molecular weight excluding hydrogens is 272 g/mol. The van der Waals surface area contributed by atoms with Crippen LogP contribution >= 0.6 is 27.5 Å². The number of aryl methyl sites for hydroxylation is 1. The third kappa shape index (κ3) is 2.53. The lowest BCUT2D eigenvalue weighted by atomic mass is 9.95.